The van der Waals surface area contributed by atoms with E-state index in [9.17, 15) is 14.4 Å². The van der Waals surface area contributed by atoms with Crippen molar-refractivity contribution < 1.29 is 18.7 Å². The van der Waals surface area contributed by atoms with Crippen molar-refractivity contribution in [1.82, 2.24) is 9.88 Å². The summed E-state index contributed by atoms with van der Waals surface area (Å²) in [5.41, 5.74) is -0.331. The Morgan fingerprint density at radius 2 is 2.18 bits per heavy atom. The SMILES string of the molecule is CCOC(=O)/C=c1\s/c(=C\c2cccs2)c(=O)n1CC(=O)NCc1ccco1. The standard InChI is InChI=1S/C19H18N2O5S2/c1-2-25-18(23)10-17-21(12-16(22)20-11-13-5-3-7-26-13)19(24)15(28-17)9-14-6-4-8-27-14/h3-10H,2,11-12H2,1H3,(H,20,22)/b15-9-,17-10-. The average molecular weight is 418 g/mol. The summed E-state index contributed by atoms with van der Waals surface area (Å²) in [4.78, 5) is 37.9. The van der Waals surface area contributed by atoms with Gasteiger partial charge in [-0.25, -0.2) is 4.79 Å². The van der Waals surface area contributed by atoms with E-state index >= 15 is 0 Å². The number of carbonyl (C=O) groups is 2. The lowest BCUT2D eigenvalue weighted by atomic mass is 10.4. The van der Waals surface area contributed by atoms with Gasteiger partial charge in [-0.05, 0) is 36.6 Å². The van der Waals surface area contributed by atoms with E-state index in [2.05, 4.69) is 5.32 Å². The van der Waals surface area contributed by atoms with Gasteiger partial charge in [0.25, 0.3) is 5.56 Å². The van der Waals surface area contributed by atoms with Crippen molar-refractivity contribution >= 4 is 46.7 Å². The van der Waals surface area contributed by atoms with E-state index in [1.165, 1.54) is 28.2 Å². The highest BCUT2D eigenvalue weighted by Gasteiger charge is 2.11. The second kappa shape index (κ2) is 9.34. The maximum atomic E-state index is 12.8. The molecule has 9 heteroatoms. The molecule has 146 valence electrons. The lowest BCUT2D eigenvalue weighted by Crippen LogP contribution is -2.38. The summed E-state index contributed by atoms with van der Waals surface area (Å²) in [6.45, 7) is 1.93. The van der Waals surface area contributed by atoms with Crippen LogP contribution >= 0.6 is 22.7 Å². The van der Waals surface area contributed by atoms with Crippen molar-refractivity contribution in [1.29, 1.82) is 0 Å². The van der Waals surface area contributed by atoms with Gasteiger partial charge in [0.15, 0.2) is 0 Å². The third kappa shape index (κ3) is 5.08. The van der Waals surface area contributed by atoms with Crippen LogP contribution in [0, 0.1) is 0 Å². The largest absolute Gasteiger partial charge is 0.467 e. The molecular weight excluding hydrogens is 400 g/mol. The molecule has 0 spiro atoms. The molecule has 0 aliphatic carbocycles. The summed E-state index contributed by atoms with van der Waals surface area (Å²) >= 11 is 2.64. The summed E-state index contributed by atoms with van der Waals surface area (Å²) < 4.78 is 12.2. The number of ether oxygens (including phenoxy) is 1. The van der Waals surface area contributed by atoms with Crippen LogP contribution in [0.2, 0.25) is 0 Å². The molecular formula is C19H18N2O5S2. The third-order valence-electron chi connectivity index (χ3n) is 3.62. The van der Waals surface area contributed by atoms with E-state index in [0.29, 0.717) is 15.0 Å². The van der Waals surface area contributed by atoms with E-state index in [4.69, 9.17) is 9.15 Å². The number of rotatable bonds is 7. The Kier molecular flexibility index (Phi) is 6.62. The molecule has 0 unspecified atom stereocenters. The number of thiophene rings is 1. The molecule has 7 nitrogen and oxygen atoms in total. The Labute approximate surface area is 168 Å². The fraction of sp³-hybridized carbons (Fsp3) is 0.211. The number of esters is 1. The van der Waals surface area contributed by atoms with Crippen molar-refractivity contribution in [3.63, 3.8) is 0 Å². The average Bonchev–Trinajstić information content (AvgIpc) is 3.40. The molecule has 0 atom stereocenters. The molecule has 28 heavy (non-hydrogen) atoms. The van der Waals surface area contributed by atoms with Gasteiger partial charge in [0.2, 0.25) is 5.91 Å². The predicted molar refractivity (Wildman–Crippen MR) is 107 cm³/mol. The van der Waals surface area contributed by atoms with Gasteiger partial charge in [0, 0.05) is 4.88 Å². The number of furan rings is 1. The summed E-state index contributed by atoms with van der Waals surface area (Å²) in [6.07, 6.45) is 4.50. The predicted octanol–water partition coefficient (Wildman–Crippen LogP) is 1.05. The van der Waals surface area contributed by atoms with Crippen LogP contribution in [0.1, 0.15) is 17.6 Å². The van der Waals surface area contributed by atoms with Crippen LogP contribution in [0.15, 0.2) is 45.1 Å². The number of carbonyl (C=O) groups excluding carboxylic acids is 2. The zero-order valence-electron chi connectivity index (χ0n) is 15.0. The highest BCUT2D eigenvalue weighted by molar-refractivity contribution is 7.11. The molecule has 0 aliphatic heterocycles. The van der Waals surface area contributed by atoms with Crippen molar-refractivity contribution in [2.24, 2.45) is 0 Å². The number of aromatic nitrogens is 1. The van der Waals surface area contributed by atoms with Crippen LogP contribution < -0.4 is 20.1 Å². The molecule has 1 N–H and O–H groups in total. The van der Waals surface area contributed by atoms with E-state index < -0.39 is 5.97 Å². The van der Waals surface area contributed by atoms with Gasteiger partial charge in [-0.1, -0.05) is 6.07 Å². The van der Waals surface area contributed by atoms with Crippen LogP contribution in [-0.4, -0.2) is 23.1 Å². The first kappa shape index (κ1) is 19.8. The lowest BCUT2D eigenvalue weighted by molar-refractivity contribution is -0.135. The molecule has 3 rings (SSSR count). The molecule has 3 aromatic rings. The van der Waals surface area contributed by atoms with Crippen LogP contribution in [-0.2, 0) is 27.4 Å². The van der Waals surface area contributed by atoms with Crippen LogP contribution in [0.5, 0.6) is 0 Å². The summed E-state index contributed by atoms with van der Waals surface area (Å²) in [6, 6.07) is 7.24. The second-order valence-electron chi connectivity index (χ2n) is 5.61. The van der Waals surface area contributed by atoms with Crippen LogP contribution in [0.4, 0.5) is 0 Å². The molecule has 0 bridgehead atoms. The van der Waals surface area contributed by atoms with Gasteiger partial charge >= 0.3 is 5.97 Å². The molecule has 1 amide bonds. The number of hydrogen-bond donors (Lipinski definition) is 1. The molecule has 3 heterocycles. The van der Waals surface area contributed by atoms with Gasteiger partial charge in [-0.3, -0.25) is 14.2 Å². The number of amides is 1. The zero-order valence-corrected chi connectivity index (χ0v) is 16.7. The Balaban J connectivity index is 1.91. The van der Waals surface area contributed by atoms with E-state index in [0.717, 1.165) is 16.2 Å². The molecule has 0 aromatic carbocycles. The Bertz CT molecular complexity index is 1110. The molecule has 0 aliphatic rings. The van der Waals surface area contributed by atoms with Gasteiger partial charge in [0.1, 0.15) is 17.0 Å². The molecule has 0 radical (unpaired) electrons. The fourth-order valence-corrected chi connectivity index (χ4v) is 4.13. The summed E-state index contributed by atoms with van der Waals surface area (Å²) in [5.74, 6) is -0.315. The number of nitrogens with one attached hydrogen (secondary N) is 1. The number of nitrogens with zero attached hydrogens (tertiary/aromatic N) is 1. The van der Waals surface area contributed by atoms with E-state index in [-0.39, 0.29) is 31.2 Å². The van der Waals surface area contributed by atoms with Crippen LogP contribution in [0.25, 0.3) is 12.2 Å². The van der Waals surface area contributed by atoms with Crippen LogP contribution in [0.3, 0.4) is 0 Å². The lowest BCUT2D eigenvalue weighted by Gasteiger charge is -2.04. The zero-order chi connectivity index (χ0) is 19.9. The third-order valence-corrected chi connectivity index (χ3v) is 5.50. The highest BCUT2D eigenvalue weighted by atomic mass is 32.1. The van der Waals surface area contributed by atoms with Gasteiger partial charge in [-0.15, -0.1) is 22.7 Å². The minimum atomic E-state index is -0.559. The molecule has 3 aromatic heterocycles. The first-order valence-electron chi connectivity index (χ1n) is 8.49. The minimum Gasteiger partial charge on any atom is -0.467 e. The molecule has 0 saturated carbocycles. The summed E-state index contributed by atoms with van der Waals surface area (Å²) in [5, 5.41) is 4.60. The van der Waals surface area contributed by atoms with E-state index in [1.807, 2.05) is 17.5 Å². The molecule has 0 saturated heterocycles. The van der Waals surface area contributed by atoms with E-state index in [1.54, 1.807) is 25.1 Å². The summed E-state index contributed by atoms with van der Waals surface area (Å²) in [7, 11) is 0. The minimum absolute atomic E-state index is 0.209. The second-order valence-corrected chi connectivity index (χ2v) is 7.65. The Hall–Kier alpha value is -2.91. The number of thiazole rings is 1. The monoisotopic (exact) mass is 418 g/mol. The quantitative estimate of drug-likeness (QED) is 0.580. The Morgan fingerprint density at radius 1 is 1.32 bits per heavy atom. The Morgan fingerprint density at radius 3 is 2.86 bits per heavy atom. The van der Waals surface area contributed by atoms with Gasteiger partial charge < -0.3 is 14.5 Å². The fourth-order valence-electron chi connectivity index (χ4n) is 2.38. The van der Waals surface area contributed by atoms with Gasteiger partial charge in [-0.2, -0.15) is 0 Å². The smallest absolute Gasteiger partial charge is 0.333 e. The van der Waals surface area contributed by atoms with Gasteiger partial charge in [0.05, 0.1) is 30.0 Å². The maximum Gasteiger partial charge on any atom is 0.333 e. The first-order chi connectivity index (χ1) is 13.6. The topological polar surface area (TPSA) is 90.5 Å². The highest BCUT2D eigenvalue weighted by Crippen LogP contribution is 2.08. The molecule has 0 fully saturated rings. The van der Waals surface area contributed by atoms with Crippen molar-refractivity contribution in [3.05, 3.63) is 66.1 Å². The van der Waals surface area contributed by atoms with Crippen molar-refractivity contribution in [2.45, 2.75) is 20.0 Å². The first-order valence-corrected chi connectivity index (χ1v) is 10.2. The normalized spacial score (nSPS) is 12.3. The number of hydrogen-bond acceptors (Lipinski definition) is 7. The van der Waals surface area contributed by atoms with Crippen molar-refractivity contribution in [3.8, 4) is 0 Å². The van der Waals surface area contributed by atoms with Crippen molar-refractivity contribution in [2.75, 3.05) is 6.61 Å². The maximum absolute atomic E-state index is 12.8.